The minimum atomic E-state index is -1.000. The van der Waals surface area contributed by atoms with Crippen molar-refractivity contribution in [2.75, 3.05) is 0 Å². The summed E-state index contributed by atoms with van der Waals surface area (Å²) in [7, 11) is 0. The molecule has 1 heterocycles. The second-order valence-electron chi connectivity index (χ2n) is 12.7. The Hall–Kier alpha value is -3.43. The Bertz CT molecular complexity index is 1070. The van der Waals surface area contributed by atoms with Gasteiger partial charge in [0.15, 0.2) is 0 Å². The van der Waals surface area contributed by atoms with Crippen molar-refractivity contribution in [3.05, 3.63) is 35.9 Å². The first-order valence-electron chi connectivity index (χ1n) is 15.3. The van der Waals surface area contributed by atoms with E-state index in [0.29, 0.717) is 19.3 Å². The zero-order valence-electron chi connectivity index (χ0n) is 26.5. The fraction of sp³-hybridized carbons (Fsp3) is 0.656. The van der Waals surface area contributed by atoms with Gasteiger partial charge in [-0.3, -0.25) is 24.0 Å². The molecule has 0 radical (unpaired) electrons. The van der Waals surface area contributed by atoms with Gasteiger partial charge in [-0.25, -0.2) is 0 Å². The second-order valence-corrected chi connectivity index (χ2v) is 12.7. The summed E-state index contributed by atoms with van der Waals surface area (Å²) in [4.78, 5) is 68.1. The molecule has 0 saturated carbocycles. The van der Waals surface area contributed by atoms with Gasteiger partial charge < -0.3 is 26.6 Å². The van der Waals surface area contributed by atoms with Gasteiger partial charge in [-0.05, 0) is 42.1 Å². The summed E-state index contributed by atoms with van der Waals surface area (Å²) < 4.78 is 0. The molecule has 10 heteroatoms. The number of hydrogen-bond donors (Lipinski definition) is 5. The first kappa shape index (κ1) is 34.8. The van der Waals surface area contributed by atoms with Gasteiger partial charge in [-0.2, -0.15) is 0 Å². The summed E-state index contributed by atoms with van der Waals surface area (Å²) in [6.07, 6.45) is 1.48. The molecule has 5 amide bonds. The Balaban J connectivity index is 2.60. The SMILES string of the molecule is CCC(C)[C@@H]1NC(=O)[C@@H](Cc2ccccc2)NC(=O)[C@H](C(C)C)NC(=O)[C@@H](CC(C)C)NC(=O)[C@@H](CC(C)C)NC1=O. The van der Waals surface area contributed by atoms with Crippen LogP contribution in [-0.4, -0.2) is 59.7 Å². The van der Waals surface area contributed by atoms with Crippen molar-refractivity contribution in [3.8, 4) is 0 Å². The normalized spacial score (nSPS) is 25.6. The van der Waals surface area contributed by atoms with E-state index in [1.807, 2.05) is 71.9 Å². The third-order valence-electron chi connectivity index (χ3n) is 7.64. The van der Waals surface area contributed by atoms with Gasteiger partial charge in [0, 0.05) is 6.42 Å². The number of amides is 5. The average Bonchev–Trinajstić information content (AvgIpc) is 2.92. The zero-order chi connectivity index (χ0) is 31.6. The molecule has 1 fully saturated rings. The molecule has 0 bridgehead atoms. The molecule has 2 rings (SSSR count). The molecule has 1 aromatic carbocycles. The first-order chi connectivity index (χ1) is 19.7. The predicted octanol–water partition coefficient (Wildman–Crippen LogP) is 2.46. The fourth-order valence-corrected chi connectivity index (χ4v) is 5.00. The van der Waals surface area contributed by atoms with Crippen LogP contribution < -0.4 is 26.6 Å². The van der Waals surface area contributed by atoms with Gasteiger partial charge in [-0.15, -0.1) is 0 Å². The summed E-state index contributed by atoms with van der Waals surface area (Å²) in [6, 6.07) is 4.59. The molecule has 6 atom stereocenters. The van der Waals surface area contributed by atoms with E-state index in [1.54, 1.807) is 13.8 Å². The summed E-state index contributed by atoms with van der Waals surface area (Å²) in [5.41, 5.74) is 0.828. The number of carbonyl (C=O) groups is 5. The highest BCUT2D eigenvalue weighted by molar-refractivity contribution is 5.98. The van der Waals surface area contributed by atoms with E-state index >= 15 is 0 Å². The Kier molecular flexibility index (Phi) is 13.5. The minimum absolute atomic E-state index is 0.0689. The maximum Gasteiger partial charge on any atom is 0.243 e. The average molecular weight is 586 g/mol. The smallest absolute Gasteiger partial charge is 0.243 e. The maximum absolute atomic E-state index is 13.7. The molecule has 0 aliphatic carbocycles. The molecule has 234 valence electrons. The summed E-state index contributed by atoms with van der Waals surface area (Å²) in [5.74, 6) is -2.89. The van der Waals surface area contributed by atoms with Crippen molar-refractivity contribution in [3.63, 3.8) is 0 Å². The van der Waals surface area contributed by atoms with Crippen molar-refractivity contribution >= 4 is 29.5 Å². The molecule has 42 heavy (non-hydrogen) atoms. The predicted molar refractivity (Wildman–Crippen MR) is 163 cm³/mol. The maximum atomic E-state index is 13.7. The lowest BCUT2D eigenvalue weighted by molar-refractivity contribution is -0.135. The van der Waals surface area contributed by atoms with Crippen molar-refractivity contribution < 1.29 is 24.0 Å². The topological polar surface area (TPSA) is 146 Å². The Morgan fingerprint density at radius 3 is 1.50 bits per heavy atom. The van der Waals surface area contributed by atoms with Crippen LogP contribution in [0.2, 0.25) is 0 Å². The Labute approximate surface area is 250 Å². The molecule has 1 unspecified atom stereocenters. The van der Waals surface area contributed by atoms with E-state index in [2.05, 4.69) is 26.6 Å². The Morgan fingerprint density at radius 1 is 0.571 bits per heavy atom. The highest BCUT2D eigenvalue weighted by Crippen LogP contribution is 2.15. The molecule has 0 spiro atoms. The lowest BCUT2D eigenvalue weighted by Crippen LogP contribution is -2.60. The number of benzene rings is 1. The number of carbonyl (C=O) groups excluding carboxylic acids is 5. The monoisotopic (exact) mass is 585 g/mol. The van der Waals surface area contributed by atoms with Crippen molar-refractivity contribution in [1.29, 1.82) is 0 Å². The van der Waals surface area contributed by atoms with Crippen LogP contribution in [-0.2, 0) is 30.4 Å². The molecule has 5 N–H and O–H groups in total. The second kappa shape index (κ2) is 16.3. The van der Waals surface area contributed by atoms with Crippen LogP contribution in [0.1, 0.15) is 80.2 Å². The van der Waals surface area contributed by atoms with E-state index in [0.717, 1.165) is 5.56 Å². The quantitative estimate of drug-likeness (QED) is 0.302. The first-order valence-corrected chi connectivity index (χ1v) is 15.3. The van der Waals surface area contributed by atoms with Crippen LogP contribution in [0.25, 0.3) is 0 Å². The van der Waals surface area contributed by atoms with Gasteiger partial charge >= 0.3 is 0 Å². The highest BCUT2D eigenvalue weighted by atomic mass is 16.2. The van der Waals surface area contributed by atoms with Crippen molar-refractivity contribution in [1.82, 2.24) is 26.6 Å². The molecule has 0 aromatic heterocycles. The van der Waals surface area contributed by atoms with Crippen LogP contribution in [0.4, 0.5) is 0 Å². The lowest BCUT2D eigenvalue weighted by atomic mass is 9.95. The Morgan fingerprint density at radius 2 is 1.00 bits per heavy atom. The van der Waals surface area contributed by atoms with Crippen LogP contribution >= 0.6 is 0 Å². The van der Waals surface area contributed by atoms with Crippen molar-refractivity contribution in [2.24, 2.45) is 23.7 Å². The molecule has 1 aliphatic heterocycles. The van der Waals surface area contributed by atoms with Crippen LogP contribution in [0, 0.1) is 23.7 Å². The minimum Gasteiger partial charge on any atom is -0.343 e. The van der Waals surface area contributed by atoms with Gasteiger partial charge in [0.05, 0.1) is 0 Å². The van der Waals surface area contributed by atoms with E-state index in [-0.39, 0.29) is 30.1 Å². The summed E-state index contributed by atoms with van der Waals surface area (Å²) in [6.45, 7) is 15.2. The molecule has 1 aliphatic rings. The molecule has 1 aromatic rings. The van der Waals surface area contributed by atoms with E-state index in [4.69, 9.17) is 0 Å². The van der Waals surface area contributed by atoms with Crippen LogP contribution in [0.3, 0.4) is 0 Å². The number of rotatable bonds is 9. The van der Waals surface area contributed by atoms with Gasteiger partial charge in [0.25, 0.3) is 0 Å². The lowest BCUT2D eigenvalue weighted by Gasteiger charge is -2.29. The van der Waals surface area contributed by atoms with Crippen molar-refractivity contribution in [2.45, 2.75) is 111 Å². The third kappa shape index (κ3) is 10.4. The summed E-state index contributed by atoms with van der Waals surface area (Å²) >= 11 is 0. The summed E-state index contributed by atoms with van der Waals surface area (Å²) in [5, 5.41) is 14.2. The molecule has 1 saturated heterocycles. The van der Waals surface area contributed by atoms with E-state index in [1.165, 1.54) is 0 Å². The highest BCUT2D eigenvalue weighted by Gasteiger charge is 2.36. The van der Waals surface area contributed by atoms with Gasteiger partial charge in [0.2, 0.25) is 29.5 Å². The van der Waals surface area contributed by atoms with Gasteiger partial charge in [-0.1, -0.05) is 92.1 Å². The van der Waals surface area contributed by atoms with E-state index < -0.39 is 59.7 Å². The number of hydrogen-bond acceptors (Lipinski definition) is 5. The number of nitrogens with one attached hydrogen (secondary N) is 5. The van der Waals surface area contributed by atoms with E-state index in [9.17, 15) is 24.0 Å². The molecular weight excluding hydrogens is 534 g/mol. The molecular formula is C32H51N5O5. The standard InChI is InChI=1S/C32H51N5O5/c1-9-21(8)27-32(42)34-23(15-18(2)3)28(38)33-24(16-19(4)5)29(39)36-26(20(6)7)31(41)35-25(30(40)37-27)17-22-13-11-10-12-14-22/h10-14,18-21,23-27H,9,15-17H2,1-8H3,(H,33,38)(H,34,42)(H,35,41)(H,36,39)(H,37,40)/t21?,23-,24-,25-,26+,27+/m1/s1. The zero-order valence-corrected chi connectivity index (χ0v) is 26.5. The van der Waals surface area contributed by atoms with Crippen LogP contribution in [0.5, 0.6) is 0 Å². The largest absolute Gasteiger partial charge is 0.343 e. The fourth-order valence-electron chi connectivity index (χ4n) is 5.00. The van der Waals surface area contributed by atoms with Gasteiger partial charge in [0.1, 0.15) is 30.2 Å². The third-order valence-corrected chi connectivity index (χ3v) is 7.64. The van der Waals surface area contributed by atoms with Crippen LogP contribution in [0.15, 0.2) is 30.3 Å². The molecule has 10 nitrogen and oxygen atoms in total.